The average molecular weight is 392 g/mol. The van der Waals surface area contributed by atoms with Gasteiger partial charge in [-0.15, -0.1) is 0 Å². The Morgan fingerprint density at radius 1 is 0.714 bits per heavy atom. The summed E-state index contributed by atoms with van der Waals surface area (Å²) in [4.78, 5) is 0. The first kappa shape index (κ1) is 23.0. The smallest absolute Gasteiger partial charge is 0.0929 e. The van der Waals surface area contributed by atoms with E-state index < -0.39 is 0 Å². The molecule has 0 heterocycles. The Hall–Kier alpha value is -1.33. The average Bonchev–Trinajstić information content (AvgIpc) is 2.75. The third-order valence-electron chi connectivity index (χ3n) is 5.53. The zero-order valence-corrected chi connectivity index (χ0v) is 19.2. The number of hydrogen-bond donors (Lipinski definition) is 0. The van der Waals surface area contributed by atoms with Crippen LogP contribution < -0.4 is 5.30 Å². The summed E-state index contributed by atoms with van der Waals surface area (Å²) in [5.74, 6) is 0. The molecule has 2 aromatic rings. The van der Waals surface area contributed by atoms with Crippen LogP contribution in [0.1, 0.15) is 71.3 Å². The van der Waals surface area contributed by atoms with Crippen molar-refractivity contribution in [3.05, 3.63) is 71.7 Å². The topological polar surface area (TPSA) is 0 Å². The molecule has 0 amide bonds. The number of rotatable bonds is 13. The third-order valence-corrected chi connectivity index (χ3v) is 7.01. The number of benzene rings is 2. The molecule has 0 aliphatic carbocycles. The molecule has 0 bridgehead atoms. The molecule has 0 aliphatic heterocycles. The van der Waals surface area contributed by atoms with Crippen LogP contribution in [0.4, 0.5) is 0 Å². The van der Waals surface area contributed by atoms with Crippen LogP contribution in [0.2, 0.25) is 12.6 Å². The highest BCUT2D eigenvalue weighted by atomic mass is 31.1. The van der Waals surface area contributed by atoms with E-state index in [0.29, 0.717) is 0 Å². The first-order valence-electron chi connectivity index (χ1n) is 11.4. The van der Waals surface area contributed by atoms with Crippen molar-refractivity contribution in [2.45, 2.75) is 78.4 Å². The molecule has 0 radical (unpaired) electrons. The Balaban J connectivity index is 2.49. The Kier molecular flexibility index (Phi) is 11.3. The maximum Gasteiger partial charge on any atom is 0.171 e. The van der Waals surface area contributed by atoms with E-state index in [1.807, 2.05) is 0 Å². The monoisotopic (exact) mass is 392 g/mol. The van der Waals surface area contributed by atoms with E-state index in [4.69, 9.17) is 0 Å². The highest BCUT2D eigenvalue weighted by molar-refractivity contribution is 7.58. The maximum atomic E-state index is 2.33. The molecule has 0 spiro atoms. The van der Waals surface area contributed by atoms with E-state index in [-0.39, 0.29) is 0 Å². The van der Waals surface area contributed by atoms with Crippen molar-refractivity contribution in [3.63, 3.8) is 0 Å². The lowest BCUT2D eigenvalue weighted by Crippen LogP contribution is -2.18. The zero-order valence-electron chi connectivity index (χ0n) is 18.2. The van der Waals surface area contributed by atoms with Gasteiger partial charge in [-0.05, 0) is 22.6 Å². The first-order chi connectivity index (χ1) is 13.8. The lowest BCUT2D eigenvalue weighted by molar-refractivity contribution is 0.795. The standard InChI is InChI=1S/C26H38BP/c1-4-7-20-25(27(21-8-5-2)22-9-6-3)26(23-16-12-10-13-17-23)28-24-18-14-11-15-19-24/h10-19,28H,4-9,20-22H2,1-3H3. The van der Waals surface area contributed by atoms with Crippen LogP contribution in [0.25, 0.3) is 5.31 Å². The van der Waals surface area contributed by atoms with Crippen molar-refractivity contribution in [2.24, 2.45) is 0 Å². The van der Waals surface area contributed by atoms with Crippen molar-refractivity contribution in [1.29, 1.82) is 0 Å². The van der Waals surface area contributed by atoms with Gasteiger partial charge in [-0.2, -0.15) is 0 Å². The van der Waals surface area contributed by atoms with Crippen LogP contribution in [0.5, 0.6) is 0 Å². The normalized spacial score (nSPS) is 12.4. The van der Waals surface area contributed by atoms with E-state index in [1.54, 1.807) is 10.8 Å². The quantitative estimate of drug-likeness (QED) is 0.238. The molecule has 28 heavy (non-hydrogen) atoms. The summed E-state index contributed by atoms with van der Waals surface area (Å²) in [7, 11) is 0.747. The van der Waals surface area contributed by atoms with Gasteiger partial charge in [0, 0.05) is 0 Å². The predicted molar refractivity (Wildman–Crippen MR) is 132 cm³/mol. The summed E-state index contributed by atoms with van der Waals surface area (Å²) in [6, 6.07) is 22.3. The molecule has 0 aliphatic rings. The number of allylic oxidation sites excluding steroid dienone is 1. The lowest BCUT2D eigenvalue weighted by Gasteiger charge is -2.23. The van der Waals surface area contributed by atoms with Crippen molar-refractivity contribution in [2.75, 3.05) is 0 Å². The number of unbranched alkanes of at least 4 members (excludes halogenated alkanes) is 3. The Morgan fingerprint density at radius 3 is 1.79 bits per heavy atom. The van der Waals surface area contributed by atoms with Crippen molar-refractivity contribution in [1.82, 2.24) is 0 Å². The zero-order chi connectivity index (χ0) is 20.0. The van der Waals surface area contributed by atoms with Gasteiger partial charge in [-0.25, -0.2) is 0 Å². The van der Waals surface area contributed by atoms with Crippen LogP contribution >= 0.6 is 8.58 Å². The van der Waals surface area contributed by atoms with Gasteiger partial charge in [0.1, 0.15) is 0 Å². The van der Waals surface area contributed by atoms with E-state index in [2.05, 4.69) is 81.4 Å². The molecule has 0 saturated heterocycles. The van der Waals surface area contributed by atoms with Gasteiger partial charge in [0.05, 0.1) is 0 Å². The van der Waals surface area contributed by atoms with Gasteiger partial charge in [0.15, 0.2) is 6.71 Å². The van der Waals surface area contributed by atoms with Crippen LogP contribution in [0.15, 0.2) is 66.1 Å². The van der Waals surface area contributed by atoms with Gasteiger partial charge in [0.25, 0.3) is 0 Å². The highest BCUT2D eigenvalue weighted by Crippen LogP contribution is 2.40. The van der Waals surface area contributed by atoms with Crippen LogP contribution in [-0.4, -0.2) is 6.71 Å². The molecule has 2 aromatic carbocycles. The van der Waals surface area contributed by atoms with Crippen LogP contribution in [0, 0.1) is 0 Å². The predicted octanol–water partition coefficient (Wildman–Crippen LogP) is 8.23. The molecule has 0 aromatic heterocycles. The van der Waals surface area contributed by atoms with Crippen molar-refractivity contribution >= 4 is 25.9 Å². The summed E-state index contributed by atoms with van der Waals surface area (Å²) >= 11 is 0. The molecule has 1 atom stereocenters. The first-order valence-corrected chi connectivity index (χ1v) is 12.4. The molecule has 0 saturated carbocycles. The second-order valence-corrected chi connectivity index (χ2v) is 9.17. The summed E-state index contributed by atoms with van der Waals surface area (Å²) in [5.41, 5.74) is 3.20. The fourth-order valence-electron chi connectivity index (χ4n) is 3.90. The Morgan fingerprint density at radius 2 is 1.25 bits per heavy atom. The van der Waals surface area contributed by atoms with Crippen molar-refractivity contribution < 1.29 is 0 Å². The summed E-state index contributed by atoms with van der Waals surface area (Å²) in [5, 5.41) is 3.08. The second-order valence-electron chi connectivity index (χ2n) is 7.84. The molecular formula is C26H38BP. The van der Waals surface area contributed by atoms with Gasteiger partial charge in [-0.1, -0.05) is 147 Å². The fraction of sp³-hybridized carbons (Fsp3) is 0.462. The largest absolute Gasteiger partial charge is 0.171 e. The van der Waals surface area contributed by atoms with Crippen LogP contribution in [0.3, 0.4) is 0 Å². The molecule has 2 heteroatoms. The third kappa shape index (κ3) is 7.59. The molecule has 0 nitrogen and oxygen atoms in total. The van der Waals surface area contributed by atoms with E-state index >= 15 is 0 Å². The molecule has 1 unspecified atom stereocenters. The van der Waals surface area contributed by atoms with E-state index in [0.717, 1.165) is 15.3 Å². The molecular weight excluding hydrogens is 354 g/mol. The number of hydrogen-bond acceptors (Lipinski definition) is 0. The molecule has 0 N–H and O–H groups in total. The van der Waals surface area contributed by atoms with Crippen LogP contribution in [-0.2, 0) is 0 Å². The molecule has 0 fully saturated rings. The lowest BCUT2D eigenvalue weighted by atomic mass is 9.38. The Bertz CT molecular complexity index is 670. The minimum Gasteiger partial charge on any atom is -0.0929 e. The van der Waals surface area contributed by atoms with Gasteiger partial charge in [0.2, 0.25) is 0 Å². The van der Waals surface area contributed by atoms with Gasteiger partial charge in [-0.3, -0.25) is 0 Å². The minimum absolute atomic E-state index is 0.747. The maximum absolute atomic E-state index is 2.33. The van der Waals surface area contributed by atoms with E-state index in [9.17, 15) is 0 Å². The molecule has 2 rings (SSSR count). The van der Waals surface area contributed by atoms with E-state index in [1.165, 1.54) is 68.5 Å². The summed E-state index contributed by atoms with van der Waals surface area (Å²) in [6.07, 6.45) is 11.8. The SMILES string of the molecule is CCCCB(CCCC)C(CCCC)=C(Pc1ccccc1)c1ccccc1. The van der Waals surface area contributed by atoms with Gasteiger partial charge >= 0.3 is 0 Å². The second kappa shape index (κ2) is 13.8. The summed E-state index contributed by atoms with van der Waals surface area (Å²) < 4.78 is 0. The van der Waals surface area contributed by atoms with Crippen molar-refractivity contribution in [3.8, 4) is 0 Å². The van der Waals surface area contributed by atoms with Gasteiger partial charge < -0.3 is 0 Å². The highest BCUT2D eigenvalue weighted by Gasteiger charge is 2.22. The minimum atomic E-state index is 0.747. The fourth-order valence-corrected chi connectivity index (χ4v) is 5.35. The Labute approximate surface area is 176 Å². The summed E-state index contributed by atoms with van der Waals surface area (Å²) in [6.45, 7) is 7.73. The molecule has 150 valence electrons.